The average molecular weight is 366 g/mol. The molecule has 0 aliphatic carbocycles. The minimum atomic E-state index is -3.54. The van der Waals surface area contributed by atoms with Gasteiger partial charge in [0.05, 0.1) is 5.69 Å². The van der Waals surface area contributed by atoms with Crippen LogP contribution < -0.4 is 4.31 Å². The average Bonchev–Trinajstić information content (AvgIpc) is 2.70. The van der Waals surface area contributed by atoms with E-state index >= 15 is 0 Å². The van der Waals surface area contributed by atoms with Crippen molar-refractivity contribution in [3.8, 4) is 0 Å². The fraction of sp³-hybridized carbons (Fsp3) is 0.250. The highest BCUT2D eigenvalue weighted by Crippen LogP contribution is 2.33. The highest BCUT2D eigenvalue weighted by molar-refractivity contribution is 9.10. The van der Waals surface area contributed by atoms with Gasteiger partial charge in [-0.05, 0) is 59.0 Å². The smallest absolute Gasteiger partial charge is 0.265 e. The van der Waals surface area contributed by atoms with Gasteiger partial charge in [0.25, 0.3) is 10.0 Å². The Kier molecular flexibility index (Phi) is 4.04. The molecule has 1 aliphatic heterocycles. The van der Waals surface area contributed by atoms with Crippen molar-refractivity contribution in [1.82, 2.24) is 0 Å². The molecule has 3 nitrogen and oxygen atoms in total. The molecule has 0 fully saturated rings. The summed E-state index contributed by atoms with van der Waals surface area (Å²) in [5.41, 5.74) is 1.91. The van der Waals surface area contributed by atoms with Gasteiger partial charge in [-0.15, -0.1) is 0 Å². The molecule has 0 atom stereocenters. The Bertz CT molecular complexity index is 758. The van der Waals surface area contributed by atoms with Crippen LogP contribution >= 0.6 is 15.9 Å². The maximum Gasteiger partial charge on any atom is 0.265 e. The largest absolute Gasteiger partial charge is 0.266 e. The van der Waals surface area contributed by atoms with Gasteiger partial charge in [0.15, 0.2) is 0 Å². The van der Waals surface area contributed by atoms with Crippen molar-refractivity contribution < 1.29 is 8.42 Å². The van der Waals surface area contributed by atoms with Gasteiger partial charge >= 0.3 is 0 Å². The summed E-state index contributed by atoms with van der Waals surface area (Å²) in [6, 6.07) is 14.8. The molecule has 2 aromatic rings. The van der Waals surface area contributed by atoms with Crippen LogP contribution in [0, 0.1) is 0 Å². The van der Waals surface area contributed by atoms with Crippen LogP contribution in [0.5, 0.6) is 0 Å². The summed E-state index contributed by atoms with van der Waals surface area (Å²) in [5, 5.41) is 0. The van der Waals surface area contributed by atoms with Crippen molar-refractivity contribution in [2.45, 2.75) is 24.2 Å². The zero-order valence-corrected chi connectivity index (χ0v) is 13.9. The SMILES string of the molecule is O=S(=O)(c1ccccc1Br)N1CCCCc2ccccc21. The molecule has 0 aromatic heterocycles. The lowest BCUT2D eigenvalue weighted by molar-refractivity contribution is 0.589. The molecular weight excluding hydrogens is 350 g/mol. The van der Waals surface area contributed by atoms with Gasteiger partial charge in [0.1, 0.15) is 4.90 Å². The van der Waals surface area contributed by atoms with E-state index < -0.39 is 10.0 Å². The number of fused-ring (bicyclic) bond motifs is 1. The number of rotatable bonds is 2. The summed E-state index contributed by atoms with van der Waals surface area (Å²) in [4.78, 5) is 0.321. The van der Waals surface area contributed by atoms with Gasteiger partial charge in [-0.25, -0.2) is 8.42 Å². The van der Waals surface area contributed by atoms with Gasteiger partial charge in [-0.2, -0.15) is 0 Å². The molecule has 5 heteroatoms. The second-order valence-electron chi connectivity index (χ2n) is 5.09. The molecule has 0 amide bonds. The third-order valence-electron chi connectivity index (χ3n) is 3.72. The van der Waals surface area contributed by atoms with E-state index in [9.17, 15) is 8.42 Å². The zero-order valence-electron chi connectivity index (χ0n) is 11.5. The van der Waals surface area contributed by atoms with E-state index in [2.05, 4.69) is 15.9 Å². The van der Waals surface area contributed by atoms with Crippen LogP contribution in [0.15, 0.2) is 57.9 Å². The molecule has 21 heavy (non-hydrogen) atoms. The molecule has 0 spiro atoms. The molecule has 0 bridgehead atoms. The Morgan fingerprint density at radius 2 is 1.67 bits per heavy atom. The predicted molar refractivity (Wildman–Crippen MR) is 88.1 cm³/mol. The van der Waals surface area contributed by atoms with E-state index in [0.29, 0.717) is 15.9 Å². The normalized spacial score (nSPS) is 15.4. The number of benzene rings is 2. The summed E-state index contributed by atoms with van der Waals surface area (Å²) in [7, 11) is -3.54. The molecule has 1 aliphatic rings. The lowest BCUT2D eigenvalue weighted by Gasteiger charge is -2.25. The van der Waals surface area contributed by atoms with Crippen LogP contribution in [0.2, 0.25) is 0 Å². The molecule has 0 unspecified atom stereocenters. The number of halogens is 1. The lowest BCUT2D eigenvalue weighted by Crippen LogP contribution is -2.32. The van der Waals surface area contributed by atoms with Crippen molar-refractivity contribution in [3.05, 3.63) is 58.6 Å². The van der Waals surface area contributed by atoms with Crippen LogP contribution in [-0.4, -0.2) is 15.0 Å². The minimum Gasteiger partial charge on any atom is -0.266 e. The number of aryl methyl sites for hydroxylation is 1. The molecule has 0 saturated heterocycles. The quantitative estimate of drug-likeness (QED) is 0.806. The third-order valence-corrected chi connectivity index (χ3v) is 6.55. The fourth-order valence-electron chi connectivity index (χ4n) is 2.68. The van der Waals surface area contributed by atoms with E-state index in [1.54, 1.807) is 22.5 Å². The van der Waals surface area contributed by atoms with Gasteiger partial charge in [0, 0.05) is 11.0 Å². The number of sulfonamides is 1. The first-order chi connectivity index (χ1) is 10.1. The second kappa shape index (κ2) is 5.81. The molecule has 2 aromatic carbocycles. The highest BCUT2D eigenvalue weighted by atomic mass is 79.9. The Morgan fingerprint density at radius 3 is 2.48 bits per heavy atom. The van der Waals surface area contributed by atoms with E-state index in [-0.39, 0.29) is 0 Å². The monoisotopic (exact) mass is 365 g/mol. The van der Waals surface area contributed by atoms with Crippen molar-refractivity contribution >= 4 is 31.6 Å². The maximum absolute atomic E-state index is 13.0. The molecule has 110 valence electrons. The Hall–Kier alpha value is -1.33. The van der Waals surface area contributed by atoms with Crippen LogP contribution in [-0.2, 0) is 16.4 Å². The third kappa shape index (κ3) is 2.72. The van der Waals surface area contributed by atoms with Crippen molar-refractivity contribution in [1.29, 1.82) is 0 Å². The topological polar surface area (TPSA) is 37.4 Å². The van der Waals surface area contributed by atoms with Crippen molar-refractivity contribution in [3.63, 3.8) is 0 Å². The Balaban J connectivity index is 2.13. The number of anilines is 1. The first-order valence-corrected chi connectivity index (χ1v) is 9.19. The first-order valence-electron chi connectivity index (χ1n) is 6.96. The zero-order chi connectivity index (χ0) is 14.9. The van der Waals surface area contributed by atoms with Crippen LogP contribution in [0.1, 0.15) is 18.4 Å². The molecule has 3 rings (SSSR count). The number of nitrogens with zero attached hydrogens (tertiary/aromatic N) is 1. The van der Waals surface area contributed by atoms with E-state index in [0.717, 1.165) is 30.5 Å². The van der Waals surface area contributed by atoms with Crippen LogP contribution in [0.25, 0.3) is 0 Å². The van der Waals surface area contributed by atoms with Gasteiger partial charge in [-0.3, -0.25) is 4.31 Å². The van der Waals surface area contributed by atoms with E-state index in [1.807, 2.05) is 30.3 Å². The molecular formula is C16H16BrNO2S. The Labute approximate surface area is 133 Å². The molecule has 0 N–H and O–H groups in total. The highest BCUT2D eigenvalue weighted by Gasteiger charge is 2.29. The lowest BCUT2D eigenvalue weighted by atomic mass is 10.1. The van der Waals surface area contributed by atoms with Crippen LogP contribution in [0.3, 0.4) is 0 Å². The van der Waals surface area contributed by atoms with E-state index in [1.165, 1.54) is 0 Å². The van der Waals surface area contributed by atoms with E-state index in [4.69, 9.17) is 0 Å². The fourth-order valence-corrected chi connectivity index (χ4v) is 5.19. The minimum absolute atomic E-state index is 0.321. The summed E-state index contributed by atoms with van der Waals surface area (Å²) in [6.07, 6.45) is 2.81. The number of para-hydroxylation sites is 1. The van der Waals surface area contributed by atoms with Crippen molar-refractivity contribution in [2.75, 3.05) is 10.8 Å². The van der Waals surface area contributed by atoms with Gasteiger partial charge in [0.2, 0.25) is 0 Å². The predicted octanol–water partition coefficient (Wildman–Crippen LogP) is 3.98. The summed E-state index contributed by atoms with van der Waals surface area (Å²) in [5.74, 6) is 0. The standard InChI is InChI=1S/C16H16BrNO2S/c17-14-9-2-4-11-16(14)21(19,20)18-12-6-5-8-13-7-1-3-10-15(13)18/h1-4,7,9-11H,5-6,8,12H2. The number of hydrogen-bond acceptors (Lipinski definition) is 2. The first kappa shape index (κ1) is 14.6. The number of hydrogen-bond donors (Lipinski definition) is 0. The molecule has 1 heterocycles. The summed E-state index contributed by atoms with van der Waals surface area (Å²) < 4.78 is 28.2. The molecule has 0 radical (unpaired) electrons. The van der Waals surface area contributed by atoms with Gasteiger partial charge in [-0.1, -0.05) is 30.3 Å². The maximum atomic E-state index is 13.0. The summed E-state index contributed by atoms with van der Waals surface area (Å²) in [6.45, 7) is 0.528. The van der Waals surface area contributed by atoms with Gasteiger partial charge < -0.3 is 0 Å². The Morgan fingerprint density at radius 1 is 0.952 bits per heavy atom. The second-order valence-corrected chi connectivity index (χ2v) is 7.78. The van der Waals surface area contributed by atoms with Crippen LogP contribution in [0.4, 0.5) is 5.69 Å². The molecule has 0 saturated carbocycles. The van der Waals surface area contributed by atoms with Crippen molar-refractivity contribution in [2.24, 2.45) is 0 Å². The summed E-state index contributed by atoms with van der Waals surface area (Å²) >= 11 is 3.35.